The van der Waals surface area contributed by atoms with Gasteiger partial charge in [-0.3, -0.25) is 0 Å². The molecule has 0 bridgehead atoms. The molecule has 19 heavy (non-hydrogen) atoms. The van der Waals surface area contributed by atoms with E-state index in [2.05, 4.69) is 31.2 Å². The number of rotatable bonds is 5. The summed E-state index contributed by atoms with van der Waals surface area (Å²) in [5, 5.41) is 8.64. The summed E-state index contributed by atoms with van der Waals surface area (Å²) in [6, 6.07) is 8.27. The topological polar surface area (TPSA) is 29.9 Å². The Balaban J connectivity index is 2.35. The van der Waals surface area contributed by atoms with Crippen molar-refractivity contribution in [3.8, 4) is 5.69 Å². The first-order valence-electron chi connectivity index (χ1n) is 6.67. The van der Waals surface area contributed by atoms with E-state index in [0.29, 0.717) is 6.04 Å². The Labute approximate surface area is 119 Å². The van der Waals surface area contributed by atoms with Gasteiger partial charge in [-0.1, -0.05) is 44.5 Å². The van der Waals surface area contributed by atoms with Gasteiger partial charge in [0.1, 0.15) is 0 Å². The van der Waals surface area contributed by atoms with E-state index in [1.807, 2.05) is 35.1 Å². The molecule has 0 aliphatic heterocycles. The lowest BCUT2D eigenvalue weighted by Crippen LogP contribution is -2.22. The van der Waals surface area contributed by atoms with Crippen molar-refractivity contribution in [2.24, 2.45) is 0 Å². The minimum Gasteiger partial charge on any atom is -0.310 e. The normalized spacial score (nSPS) is 11.2. The molecule has 0 saturated heterocycles. The maximum atomic E-state index is 6.25. The summed E-state index contributed by atoms with van der Waals surface area (Å²) < 4.78 is 1.94. The van der Waals surface area contributed by atoms with Gasteiger partial charge in [-0.2, -0.15) is 5.10 Å². The average molecular weight is 278 g/mol. The zero-order valence-corrected chi connectivity index (χ0v) is 12.4. The van der Waals surface area contributed by atoms with E-state index in [1.54, 1.807) is 0 Å². The highest BCUT2D eigenvalue weighted by Crippen LogP contribution is 2.22. The van der Waals surface area contributed by atoms with Crippen molar-refractivity contribution in [1.82, 2.24) is 15.1 Å². The molecule has 0 fully saturated rings. The third kappa shape index (κ3) is 3.17. The van der Waals surface area contributed by atoms with E-state index in [1.165, 1.54) is 11.3 Å². The molecule has 0 unspecified atom stereocenters. The van der Waals surface area contributed by atoms with Crippen LogP contribution in [-0.2, 0) is 13.0 Å². The molecule has 3 nitrogen and oxygen atoms in total. The lowest BCUT2D eigenvalue weighted by atomic mass is 10.2. The first kappa shape index (κ1) is 14.1. The summed E-state index contributed by atoms with van der Waals surface area (Å²) in [7, 11) is 0. The van der Waals surface area contributed by atoms with Crippen molar-refractivity contribution in [3.05, 3.63) is 46.7 Å². The average Bonchev–Trinajstić information content (AvgIpc) is 2.79. The first-order valence-corrected chi connectivity index (χ1v) is 7.05. The number of hydrogen-bond acceptors (Lipinski definition) is 2. The van der Waals surface area contributed by atoms with Crippen LogP contribution in [0, 0.1) is 0 Å². The minimum atomic E-state index is 0.466. The zero-order valence-electron chi connectivity index (χ0n) is 11.7. The Morgan fingerprint density at radius 3 is 2.68 bits per heavy atom. The maximum absolute atomic E-state index is 6.25. The van der Waals surface area contributed by atoms with Gasteiger partial charge in [0, 0.05) is 23.8 Å². The monoisotopic (exact) mass is 277 g/mol. The van der Waals surface area contributed by atoms with E-state index in [4.69, 9.17) is 11.6 Å². The Kier molecular flexibility index (Phi) is 4.61. The summed E-state index contributed by atoms with van der Waals surface area (Å²) in [5.74, 6) is 0. The van der Waals surface area contributed by atoms with Crippen LogP contribution in [0.2, 0.25) is 5.02 Å². The molecule has 1 heterocycles. The summed E-state index contributed by atoms with van der Waals surface area (Å²) >= 11 is 6.25. The second-order valence-electron chi connectivity index (χ2n) is 4.87. The van der Waals surface area contributed by atoms with E-state index < -0.39 is 0 Å². The smallest absolute Gasteiger partial charge is 0.0835 e. The van der Waals surface area contributed by atoms with Crippen molar-refractivity contribution in [2.75, 3.05) is 0 Å². The number of para-hydroxylation sites is 1. The van der Waals surface area contributed by atoms with Crippen LogP contribution in [0.3, 0.4) is 0 Å². The second-order valence-corrected chi connectivity index (χ2v) is 5.28. The number of halogens is 1. The van der Waals surface area contributed by atoms with Crippen LogP contribution in [0.15, 0.2) is 30.5 Å². The molecule has 2 rings (SSSR count). The van der Waals surface area contributed by atoms with E-state index in [9.17, 15) is 0 Å². The molecule has 2 aromatic rings. The van der Waals surface area contributed by atoms with Crippen LogP contribution in [0.25, 0.3) is 5.69 Å². The quantitative estimate of drug-likeness (QED) is 0.905. The molecular weight excluding hydrogens is 258 g/mol. The molecule has 1 aromatic heterocycles. The van der Waals surface area contributed by atoms with Gasteiger partial charge in [0.05, 0.1) is 16.9 Å². The Hall–Kier alpha value is -1.32. The van der Waals surface area contributed by atoms with E-state index in [0.717, 1.165) is 23.7 Å². The number of nitrogens with one attached hydrogen (secondary N) is 1. The maximum Gasteiger partial charge on any atom is 0.0835 e. The summed E-state index contributed by atoms with van der Waals surface area (Å²) in [5.41, 5.74) is 3.38. The van der Waals surface area contributed by atoms with Gasteiger partial charge in [-0.05, 0) is 18.6 Å². The predicted octanol–water partition coefficient (Wildman–Crippen LogP) is 3.59. The zero-order chi connectivity index (χ0) is 13.8. The molecule has 0 aliphatic carbocycles. The van der Waals surface area contributed by atoms with Crippen LogP contribution in [0.5, 0.6) is 0 Å². The van der Waals surface area contributed by atoms with Gasteiger partial charge in [0.25, 0.3) is 0 Å². The van der Waals surface area contributed by atoms with E-state index >= 15 is 0 Å². The molecule has 0 atom stereocenters. The highest BCUT2D eigenvalue weighted by molar-refractivity contribution is 6.32. The van der Waals surface area contributed by atoms with E-state index in [-0.39, 0.29) is 0 Å². The Morgan fingerprint density at radius 1 is 1.32 bits per heavy atom. The Morgan fingerprint density at radius 2 is 2.05 bits per heavy atom. The molecule has 0 amide bonds. The van der Waals surface area contributed by atoms with Crippen molar-refractivity contribution in [2.45, 2.75) is 39.8 Å². The molecular formula is C15H20ClN3. The molecule has 0 radical (unpaired) electrons. The van der Waals surface area contributed by atoms with Crippen LogP contribution in [-0.4, -0.2) is 15.8 Å². The van der Waals surface area contributed by atoms with Gasteiger partial charge < -0.3 is 5.32 Å². The van der Waals surface area contributed by atoms with Gasteiger partial charge in [-0.25, -0.2) is 4.68 Å². The fraction of sp³-hybridized carbons (Fsp3) is 0.400. The third-order valence-electron chi connectivity index (χ3n) is 3.07. The van der Waals surface area contributed by atoms with Crippen molar-refractivity contribution >= 4 is 11.6 Å². The predicted molar refractivity (Wildman–Crippen MR) is 79.9 cm³/mol. The lowest BCUT2D eigenvalue weighted by molar-refractivity contribution is 0.586. The third-order valence-corrected chi connectivity index (χ3v) is 3.39. The minimum absolute atomic E-state index is 0.466. The van der Waals surface area contributed by atoms with Gasteiger partial charge >= 0.3 is 0 Å². The fourth-order valence-electron chi connectivity index (χ4n) is 2.08. The highest BCUT2D eigenvalue weighted by atomic mass is 35.5. The molecule has 102 valence electrons. The van der Waals surface area contributed by atoms with Gasteiger partial charge in [-0.15, -0.1) is 0 Å². The summed E-state index contributed by atoms with van der Waals surface area (Å²) in [6.45, 7) is 7.27. The molecule has 0 aliphatic rings. The molecule has 1 aromatic carbocycles. The highest BCUT2D eigenvalue weighted by Gasteiger charge is 2.12. The van der Waals surface area contributed by atoms with Crippen LogP contribution < -0.4 is 5.32 Å². The van der Waals surface area contributed by atoms with Gasteiger partial charge in [0.2, 0.25) is 0 Å². The summed E-state index contributed by atoms with van der Waals surface area (Å²) in [6.07, 6.45) is 2.86. The second kappa shape index (κ2) is 6.22. The lowest BCUT2D eigenvalue weighted by Gasteiger charge is -2.11. The van der Waals surface area contributed by atoms with Crippen molar-refractivity contribution < 1.29 is 0 Å². The Bertz CT molecular complexity index is 546. The number of nitrogens with zero attached hydrogens (tertiary/aromatic N) is 2. The first-order chi connectivity index (χ1) is 9.13. The number of benzene rings is 1. The van der Waals surface area contributed by atoms with Crippen LogP contribution >= 0.6 is 11.6 Å². The number of aromatic nitrogens is 2. The van der Waals surface area contributed by atoms with Crippen molar-refractivity contribution in [3.63, 3.8) is 0 Å². The largest absolute Gasteiger partial charge is 0.310 e. The number of hydrogen-bond donors (Lipinski definition) is 1. The molecule has 4 heteroatoms. The van der Waals surface area contributed by atoms with Crippen LogP contribution in [0.1, 0.15) is 32.0 Å². The SMILES string of the molecule is CCc1c(CNC(C)C)cnn1-c1ccccc1Cl. The van der Waals surface area contributed by atoms with Crippen molar-refractivity contribution in [1.29, 1.82) is 0 Å². The molecule has 0 saturated carbocycles. The summed E-state index contributed by atoms with van der Waals surface area (Å²) in [4.78, 5) is 0. The fourth-order valence-corrected chi connectivity index (χ4v) is 2.29. The van der Waals surface area contributed by atoms with Crippen LogP contribution in [0.4, 0.5) is 0 Å². The molecule has 1 N–H and O–H groups in total. The standard InChI is InChI=1S/C15H20ClN3/c1-4-14-12(9-17-11(2)3)10-18-19(14)15-8-6-5-7-13(15)16/h5-8,10-11,17H,4,9H2,1-3H3. The molecule has 0 spiro atoms. The van der Waals surface area contributed by atoms with Gasteiger partial charge in [0.15, 0.2) is 0 Å².